The monoisotopic (exact) mass is 312 g/mol. The standard InChI is InChI=1S/C16H16N4OS/c1-10(2)20-15(21)12-9-17-16(22-3)18-14(12)13(19-20)11-7-5-4-6-8-11/h4-10H,1-3H3. The minimum Gasteiger partial charge on any atom is -0.267 e. The van der Waals surface area contributed by atoms with Gasteiger partial charge in [0.2, 0.25) is 0 Å². The van der Waals surface area contributed by atoms with E-state index in [1.54, 1.807) is 6.20 Å². The molecule has 0 N–H and O–H groups in total. The molecule has 0 aliphatic rings. The Hall–Kier alpha value is -2.21. The van der Waals surface area contributed by atoms with Gasteiger partial charge >= 0.3 is 0 Å². The fourth-order valence-corrected chi connectivity index (χ4v) is 2.61. The first-order valence-corrected chi connectivity index (χ1v) is 8.23. The molecule has 0 unspecified atom stereocenters. The predicted octanol–water partition coefficient (Wildman–Crippen LogP) is 3.16. The molecule has 0 saturated carbocycles. The second-order valence-corrected chi connectivity index (χ2v) is 5.95. The lowest BCUT2D eigenvalue weighted by molar-refractivity contribution is 0.509. The summed E-state index contributed by atoms with van der Waals surface area (Å²) >= 11 is 1.45. The summed E-state index contributed by atoms with van der Waals surface area (Å²) in [5.41, 5.74) is 2.10. The maximum Gasteiger partial charge on any atom is 0.278 e. The molecular formula is C16H16N4OS. The Balaban J connectivity index is 2.42. The number of hydrogen-bond acceptors (Lipinski definition) is 5. The van der Waals surface area contributed by atoms with Crippen molar-refractivity contribution in [3.05, 3.63) is 46.9 Å². The molecule has 0 aliphatic carbocycles. The molecule has 22 heavy (non-hydrogen) atoms. The highest BCUT2D eigenvalue weighted by Crippen LogP contribution is 2.24. The molecule has 0 radical (unpaired) electrons. The Bertz CT molecular complexity index is 874. The molecule has 5 nitrogen and oxygen atoms in total. The van der Waals surface area contributed by atoms with Crippen LogP contribution in [0.4, 0.5) is 0 Å². The molecular weight excluding hydrogens is 296 g/mol. The van der Waals surface area contributed by atoms with E-state index in [4.69, 9.17) is 0 Å². The molecule has 2 aromatic heterocycles. The van der Waals surface area contributed by atoms with Crippen molar-refractivity contribution in [2.24, 2.45) is 0 Å². The second kappa shape index (κ2) is 5.88. The van der Waals surface area contributed by atoms with Crippen LogP contribution in [0.25, 0.3) is 22.2 Å². The Kier molecular flexibility index (Phi) is 3.94. The summed E-state index contributed by atoms with van der Waals surface area (Å²) in [6.07, 6.45) is 3.51. The van der Waals surface area contributed by atoms with Gasteiger partial charge in [-0.05, 0) is 20.1 Å². The number of rotatable bonds is 3. The number of aromatic nitrogens is 4. The molecule has 0 saturated heterocycles. The van der Waals surface area contributed by atoms with Gasteiger partial charge in [-0.15, -0.1) is 0 Å². The smallest absolute Gasteiger partial charge is 0.267 e. The van der Waals surface area contributed by atoms with Crippen molar-refractivity contribution in [2.45, 2.75) is 25.0 Å². The van der Waals surface area contributed by atoms with Gasteiger partial charge in [0.25, 0.3) is 5.56 Å². The first kappa shape index (κ1) is 14.7. The van der Waals surface area contributed by atoms with Gasteiger partial charge in [0.1, 0.15) is 11.2 Å². The molecule has 3 aromatic rings. The van der Waals surface area contributed by atoms with Crippen LogP contribution < -0.4 is 5.56 Å². The van der Waals surface area contributed by atoms with Crippen LogP contribution in [-0.2, 0) is 0 Å². The van der Waals surface area contributed by atoms with Crippen LogP contribution in [0.1, 0.15) is 19.9 Å². The topological polar surface area (TPSA) is 60.7 Å². The van der Waals surface area contributed by atoms with Crippen molar-refractivity contribution in [1.29, 1.82) is 0 Å². The molecule has 1 aromatic carbocycles. The first-order valence-electron chi connectivity index (χ1n) is 7.00. The zero-order valence-electron chi connectivity index (χ0n) is 12.6. The third kappa shape index (κ3) is 2.50. The lowest BCUT2D eigenvalue weighted by Crippen LogP contribution is -2.26. The normalized spacial score (nSPS) is 11.3. The van der Waals surface area contributed by atoms with Crippen molar-refractivity contribution in [3.63, 3.8) is 0 Å². The summed E-state index contributed by atoms with van der Waals surface area (Å²) in [7, 11) is 0. The van der Waals surface area contributed by atoms with E-state index in [9.17, 15) is 4.79 Å². The predicted molar refractivity (Wildman–Crippen MR) is 89.2 cm³/mol. The SMILES string of the molecule is CSc1ncc2c(=O)n(C(C)C)nc(-c3ccccc3)c2n1. The zero-order chi connectivity index (χ0) is 15.7. The van der Waals surface area contributed by atoms with E-state index in [0.29, 0.717) is 21.8 Å². The number of benzene rings is 1. The van der Waals surface area contributed by atoms with E-state index in [-0.39, 0.29) is 11.6 Å². The van der Waals surface area contributed by atoms with Gasteiger partial charge in [0, 0.05) is 11.8 Å². The number of hydrogen-bond donors (Lipinski definition) is 0. The molecule has 112 valence electrons. The zero-order valence-corrected chi connectivity index (χ0v) is 13.5. The molecule has 0 atom stereocenters. The highest BCUT2D eigenvalue weighted by atomic mass is 32.2. The van der Waals surface area contributed by atoms with Crippen LogP contribution in [0.15, 0.2) is 46.5 Å². The fourth-order valence-electron chi connectivity index (χ4n) is 2.27. The van der Waals surface area contributed by atoms with Crippen LogP contribution in [0.3, 0.4) is 0 Å². The van der Waals surface area contributed by atoms with Gasteiger partial charge in [-0.1, -0.05) is 42.1 Å². The Morgan fingerprint density at radius 1 is 1.18 bits per heavy atom. The summed E-state index contributed by atoms with van der Waals surface area (Å²) in [5.74, 6) is 0. The summed E-state index contributed by atoms with van der Waals surface area (Å²) in [5, 5.41) is 5.68. The molecule has 0 amide bonds. The maximum absolute atomic E-state index is 12.6. The van der Waals surface area contributed by atoms with Crippen LogP contribution in [-0.4, -0.2) is 26.0 Å². The molecule has 0 fully saturated rings. The summed E-state index contributed by atoms with van der Waals surface area (Å²) in [6.45, 7) is 3.87. The molecule has 3 rings (SSSR count). The number of fused-ring (bicyclic) bond motifs is 1. The van der Waals surface area contributed by atoms with E-state index in [0.717, 1.165) is 5.56 Å². The van der Waals surface area contributed by atoms with E-state index < -0.39 is 0 Å². The van der Waals surface area contributed by atoms with Crippen LogP contribution in [0.2, 0.25) is 0 Å². The minimum absolute atomic E-state index is 0.0282. The van der Waals surface area contributed by atoms with Crippen molar-refractivity contribution >= 4 is 22.7 Å². The lowest BCUT2D eigenvalue weighted by atomic mass is 10.1. The molecule has 2 heterocycles. The third-order valence-electron chi connectivity index (χ3n) is 3.36. The fraction of sp³-hybridized carbons (Fsp3) is 0.250. The van der Waals surface area contributed by atoms with Crippen LogP contribution in [0, 0.1) is 0 Å². The van der Waals surface area contributed by atoms with E-state index >= 15 is 0 Å². The number of thioether (sulfide) groups is 1. The van der Waals surface area contributed by atoms with Gasteiger partial charge in [-0.2, -0.15) is 5.10 Å². The van der Waals surface area contributed by atoms with Gasteiger partial charge in [0.05, 0.1) is 11.4 Å². The van der Waals surface area contributed by atoms with Crippen LogP contribution in [0.5, 0.6) is 0 Å². The summed E-state index contributed by atoms with van der Waals surface area (Å²) in [4.78, 5) is 21.3. The van der Waals surface area contributed by atoms with Gasteiger partial charge in [-0.25, -0.2) is 14.6 Å². The summed E-state index contributed by atoms with van der Waals surface area (Å²) < 4.78 is 1.49. The average Bonchev–Trinajstić information content (AvgIpc) is 2.55. The molecule has 0 spiro atoms. The maximum atomic E-state index is 12.6. The minimum atomic E-state index is -0.155. The largest absolute Gasteiger partial charge is 0.278 e. The Morgan fingerprint density at radius 2 is 1.91 bits per heavy atom. The Morgan fingerprint density at radius 3 is 2.55 bits per heavy atom. The average molecular weight is 312 g/mol. The van der Waals surface area contributed by atoms with Crippen molar-refractivity contribution in [1.82, 2.24) is 19.7 Å². The van der Waals surface area contributed by atoms with E-state index in [1.807, 2.05) is 50.4 Å². The molecule has 6 heteroatoms. The van der Waals surface area contributed by atoms with Crippen molar-refractivity contribution in [2.75, 3.05) is 6.26 Å². The van der Waals surface area contributed by atoms with E-state index in [2.05, 4.69) is 15.1 Å². The lowest BCUT2D eigenvalue weighted by Gasteiger charge is -2.13. The third-order valence-corrected chi connectivity index (χ3v) is 3.92. The molecule has 0 bridgehead atoms. The second-order valence-electron chi connectivity index (χ2n) is 5.18. The van der Waals surface area contributed by atoms with E-state index in [1.165, 1.54) is 16.4 Å². The van der Waals surface area contributed by atoms with Crippen LogP contribution >= 0.6 is 11.8 Å². The first-order chi connectivity index (χ1) is 10.6. The quantitative estimate of drug-likeness (QED) is 0.549. The van der Waals surface area contributed by atoms with Gasteiger partial charge < -0.3 is 0 Å². The van der Waals surface area contributed by atoms with Crippen molar-refractivity contribution < 1.29 is 0 Å². The van der Waals surface area contributed by atoms with Gasteiger partial charge in [0.15, 0.2) is 5.16 Å². The summed E-state index contributed by atoms with van der Waals surface area (Å²) in [6, 6.07) is 9.76. The molecule has 0 aliphatic heterocycles. The van der Waals surface area contributed by atoms with Crippen molar-refractivity contribution in [3.8, 4) is 11.3 Å². The highest BCUT2D eigenvalue weighted by molar-refractivity contribution is 7.98. The Labute approximate surface area is 132 Å². The number of nitrogens with zero attached hydrogens (tertiary/aromatic N) is 4. The van der Waals surface area contributed by atoms with Gasteiger partial charge in [-0.3, -0.25) is 4.79 Å². The highest BCUT2D eigenvalue weighted by Gasteiger charge is 2.16.